The maximum absolute atomic E-state index is 11.8. The van der Waals surface area contributed by atoms with Crippen LogP contribution in [0.25, 0.3) is 0 Å². The third-order valence-electron chi connectivity index (χ3n) is 3.45. The Morgan fingerprint density at radius 2 is 1.55 bits per heavy atom. The maximum atomic E-state index is 11.8. The van der Waals surface area contributed by atoms with E-state index in [1.54, 1.807) is 24.3 Å². The molecule has 0 radical (unpaired) electrons. The monoisotopic (exact) mass is 305 g/mol. The lowest BCUT2D eigenvalue weighted by atomic mass is 10.1. The first-order chi connectivity index (χ1) is 10.8. The summed E-state index contributed by atoms with van der Waals surface area (Å²) in [6.45, 7) is 2.21. The first-order valence-corrected chi connectivity index (χ1v) is 8.11. The third-order valence-corrected chi connectivity index (χ3v) is 3.45. The summed E-state index contributed by atoms with van der Waals surface area (Å²) in [5.41, 5.74) is 6.60. The van der Waals surface area contributed by atoms with Gasteiger partial charge in [-0.15, -0.1) is 0 Å². The summed E-state index contributed by atoms with van der Waals surface area (Å²) in [7, 11) is 0. The summed E-state index contributed by atoms with van der Waals surface area (Å²) < 4.78 is 0. The molecule has 5 nitrogen and oxygen atoms in total. The van der Waals surface area contributed by atoms with Crippen LogP contribution in [0.4, 0.5) is 11.4 Å². The van der Waals surface area contributed by atoms with Gasteiger partial charge in [-0.3, -0.25) is 20.4 Å². The van der Waals surface area contributed by atoms with Crippen molar-refractivity contribution in [3.05, 3.63) is 24.3 Å². The maximum Gasteiger partial charge on any atom is 0.225 e. The van der Waals surface area contributed by atoms with Gasteiger partial charge in [0.15, 0.2) is 0 Å². The number of unbranched alkanes of at least 4 members (excludes halogenated alkanes) is 6. The fourth-order valence-electron chi connectivity index (χ4n) is 2.22. The van der Waals surface area contributed by atoms with Crippen molar-refractivity contribution < 1.29 is 9.59 Å². The van der Waals surface area contributed by atoms with Crippen molar-refractivity contribution in [1.29, 1.82) is 0 Å². The minimum absolute atomic E-state index is 0.0558. The van der Waals surface area contributed by atoms with Crippen molar-refractivity contribution in [2.24, 2.45) is 0 Å². The molecule has 22 heavy (non-hydrogen) atoms. The van der Waals surface area contributed by atoms with Crippen molar-refractivity contribution in [3.63, 3.8) is 0 Å². The van der Waals surface area contributed by atoms with Crippen LogP contribution in [0.2, 0.25) is 0 Å². The molecule has 5 heteroatoms. The minimum atomic E-state index is 0.0558. The zero-order valence-electron chi connectivity index (χ0n) is 13.4. The average molecular weight is 305 g/mol. The number of rotatable bonds is 12. The topological polar surface area (TPSA) is 70.2 Å². The Morgan fingerprint density at radius 3 is 2.18 bits per heavy atom. The van der Waals surface area contributed by atoms with Gasteiger partial charge in [0, 0.05) is 12.1 Å². The van der Waals surface area contributed by atoms with Crippen molar-refractivity contribution in [1.82, 2.24) is 5.43 Å². The van der Waals surface area contributed by atoms with Gasteiger partial charge in [-0.25, -0.2) is 0 Å². The van der Waals surface area contributed by atoms with E-state index in [0.717, 1.165) is 24.2 Å². The highest BCUT2D eigenvalue weighted by Gasteiger charge is 2.02. The molecule has 0 heterocycles. The molecule has 1 aromatic carbocycles. The number of amides is 2. The number of carbonyl (C=O) groups excluding carboxylic acids is 2. The first kappa shape index (κ1) is 18.0. The van der Waals surface area contributed by atoms with Crippen LogP contribution in [0.3, 0.4) is 0 Å². The predicted molar refractivity (Wildman–Crippen MR) is 90.5 cm³/mol. The van der Waals surface area contributed by atoms with Crippen LogP contribution in [0.15, 0.2) is 24.3 Å². The average Bonchev–Trinajstić information content (AvgIpc) is 2.53. The Hall–Kier alpha value is -2.04. The Labute approximate surface area is 132 Å². The van der Waals surface area contributed by atoms with Crippen LogP contribution in [0.1, 0.15) is 58.3 Å². The van der Waals surface area contributed by atoms with Crippen molar-refractivity contribution in [2.45, 2.75) is 58.3 Å². The smallest absolute Gasteiger partial charge is 0.225 e. The highest BCUT2D eigenvalue weighted by molar-refractivity contribution is 5.90. The number of benzene rings is 1. The van der Waals surface area contributed by atoms with Gasteiger partial charge in [0.25, 0.3) is 0 Å². The van der Waals surface area contributed by atoms with Crippen molar-refractivity contribution in [2.75, 3.05) is 10.7 Å². The summed E-state index contributed by atoms with van der Waals surface area (Å²) in [6, 6.07) is 7.19. The largest absolute Gasteiger partial charge is 0.326 e. The number of carbonyl (C=O) groups is 2. The van der Waals surface area contributed by atoms with Gasteiger partial charge >= 0.3 is 0 Å². The molecule has 0 aliphatic rings. The second-order valence-corrected chi connectivity index (χ2v) is 5.38. The van der Waals surface area contributed by atoms with Gasteiger partial charge in [-0.1, -0.05) is 45.4 Å². The SMILES string of the molecule is CCCCCCCCCC(=O)Nc1ccc(NNC=O)cc1. The zero-order valence-corrected chi connectivity index (χ0v) is 13.4. The fourth-order valence-corrected chi connectivity index (χ4v) is 2.22. The van der Waals surface area contributed by atoms with E-state index in [-0.39, 0.29) is 5.91 Å². The van der Waals surface area contributed by atoms with Gasteiger partial charge < -0.3 is 5.32 Å². The molecule has 1 rings (SSSR count). The van der Waals surface area contributed by atoms with E-state index < -0.39 is 0 Å². The zero-order chi connectivity index (χ0) is 16.0. The third kappa shape index (κ3) is 8.29. The summed E-state index contributed by atoms with van der Waals surface area (Å²) >= 11 is 0. The van der Waals surface area contributed by atoms with E-state index in [4.69, 9.17) is 0 Å². The normalized spacial score (nSPS) is 10.0. The van der Waals surface area contributed by atoms with Crippen LogP contribution < -0.4 is 16.2 Å². The van der Waals surface area contributed by atoms with Crippen molar-refractivity contribution >= 4 is 23.7 Å². The standard InChI is InChI=1S/C17H27N3O2/c1-2-3-4-5-6-7-8-9-17(22)19-15-10-12-16(13-11-15)20-18-14-21/h10-14,20H,2-9H2,1H3,(H,18,21)(H,19,22). The molecule has 0 saturated heterocycles. The molecule has 1 aromatic rings. The number of hydrazine groups is 1. The van der Waals surface area contributed by atoms with Gasteiger partial charge in [0.2, 0.25) is 12.3 Å². The van der Waals surface area contributed by atoms with Crippen LogP contribution in [0, 0.1) is 0 Å². The second-order valence-electron chi connectivity index (χ2n) is 5.38. The molecule has 122 valence electrons. The summed E-state index contributed by atoms with van der Waals surface area (Å²) in [5.74, 6) is 0.0558. The Morgan fingerprint density at radius 1 is 0.955 bits per heavy atom. The molecule has 0 unspecified atom stereocenters. The van der Waals surface area contributed by atoms with E-state index in [1.165, 1.54) is 32.1 Å². The molecular formula is C17H27N3O2. The quantitative estimate of drug-likeness (QED) is 0.312. The lowest BCUT2D eigenvalue weighted by molar-refractivity contribution is -0.116. The van der Waals surface area contributed by atoms with E-state index >= 15 is 0 Å². The summed E-state index contributed by atoms with van der Waals surface area (Å²) in [5, 5.41) is 2.88. The first-order valence-electron chi connectivity index (χ1n) is 8.11. The molecule has 0 bridgehead atoms. The van der Waals surface area contributed by atoms with E-state index in [1.807, 2.05) is 0 Å². The van der Waals surface area contributed by atoms with Gasteiger partial charge in [0.1, 0.15) is 0 Å². The molecule has 0 atom stereocenters. The summed E-state index contributed by atoms with van der Waals surface area (Å²) in [6.07, 6.45) is 9.59. The molecule has 2 amide bonds. The van der Waals surface area contributed by atoms with E-state index in [0.29, 0.717) is 12.8 Å². The highest BCUT2D eigenvalue weighted by Crippen LogP contribution is 2.14. The van der Waals surface area contributed by atoms with Gasteiger partial charge in [-0.05, 0) is 30.7 Å². The molecule has 0 aliphatic carbocycles. The Kier molecular flexibility index (Phi) is 9.50. The lowest BCUT2D eigenvalue weighted by Crippen LogP contribution is -2.18. The highest BCUT2D eigenvalue weighted by atomic mass is 16.1. The van der Waals surface area contributed by atoms with Crippen LogP contribution in [0.5, 0.6) is 0 Å². The minimum Gasteiger partial charge on any atom is -0.326 e. The molecule has 0 spiro atoms. The molecule has 0 fully saturated rings. The number of hydrogen-bond acceptors (Lipinski definition) is 3. The van der Waals surface area contributed by atoms with Crippen molar-refractivity contribution in [3.8, 4) is 0 Å². The number of anilines is 2. The van der Waals surface area contributed by atoms with Crippen LogP contribution in [-0.2, 0) is 9.59 Å². The van der Waals surface area contributed by atoms with Crippen LogP contribution >= 0.6 is 0 Å². The molecular weight excluding hydrogens is 278 g/mol. The summed E-state index contributed by atoms with van der Waals surface area (Å²) in [4.78, 5) is 22.0. The van der Waals surface area contributed by atoms with E-state index in [2.05, 4.69) is 23.1 Å². The Bertz CT molecular complexity index is 432. The van der Waals surface area contributed by atoms with E-state index in [9.17, 15) is 9.59 Å². The fraction of sp³-hybridized carbons (Fsp3) is 0.529. The molecule has 0 saturated carbocycles. The molecule has 3 N–H and O–H groups in total. The number of hydrogen-bond donors (Lipinski definition) is 3. The van der Waals surface area contributed by atoms with Gasteiger partial charge in [0.05, 0.1) is 5.69 Å². The number of nitrogens with one attached hydrogen (secondary N) is 3. The van der Waals surface area contributed by atoms with Crippen LogP contribution in [-0.4, -0.2) is 12.3 Å². The molecule has 0 aromatic heterocycles. The molecule has 0 aliphatic heterocycles. The predicted octanol–water partition coefficient (Wildman–Crippen LogP) is 3.84. The lowest BCUT2D eigenvalue weighted by Gasteiger charge is -2.07. The van der Waals surface area contributed by atoms with Gasteiger partial charge in [-0.2, -0.15) is 0 Å². The Balaban J connectivity index is 2.15. The second kappa shape index (κ2) is 11.6.